The lowest BCUT2D eigenvalue weighted by molar-refractivity contribution is 0.531. The summed E-state index contributed by atoms with van der Waals surface area (Å²) in [6.45, 7) is 3.87. The Balaban J connectivity index is 2.90. The first kappa shape index (κ1) is 13.2. The van der Waals surface area contributed by atoms with E-state index in [-0.39, 0.29) is 10.3 Å². The maximum Gasteiger partial charge on any atom is 0.250 e. The van der Waals surface area contributed by atoms with Gasteiger partial charge in [0.2, 0.25) is 10.0 Å². The fourth-order valence-corrected chi connectivity index (χ4v) is 3.78. The van der Waals surface area contributed by atoms with Crippen LogP contribution in [0.1, 0.15) is 31.6 Å². The second kappa shape index (κ2) is 5.43. The van der Waals surface area contributed by atoms with Crippen molar-refractivity contribution in [3.05, 3.63) is 17.0 Å². The number of nitrogens with one attached hydrogen (secondary N) is 1. The molecule has 0 aliphatic carbocycles. The minimum atomic E-state index is -3.46. The van der Waals surface area contributed by atoms with E-state index in [1.165, 1.54) is 12.1 Å². The first-order valence-electron chi connectivity index (χ1n) is 5.05. The monoisotopic (exact) mass is 258 g/mol. The molecule has 6 heteroatoms. The van der Waals surface area contributed by atoms with Crippen molar-refractivity contribution in [2.45, 2.75) is 36.9 Å². The van der Waals surface area contributed by atoms with Crippen LogP contribution in [0.15, 0.2) is 16.3 Å². The maximum atomic E-state index is 11.9. The Labute approximate surface area is 100.0 Å². The predicted molar refractivity (Wildman–Crippen MR) is 63.7 cm³/mol. The van der Waals surface area contributed by atoms with Crippen LogP contribution in [0.4, 0.5) is 0 Å². The molecule has 88 valence electrons. The number of rotatable bonds is 5. The van der Waals surface area contributed by atoms with E-state index < -0.39 is 10.0 Å². The Hall–Kier alpha value is -0.900. The lowest BCUT2D eigenvalue weighted by Gasteiger charge is -2.13. The summed E-state index contributed by atoms with van der Waals surface area (Å²) in [6.07, 6.45) is 1.51. The Morgan fingerprint density at radius 3 is 2.50 bits per heavy atom. The van der Waals surface area contributed by atoms with Crippen molar-refractivity contribution < 1.29 is 8.42 Å². The molecule has 16 heavy (non-hydrogen) atoms. The van der Waals surface area contributed by atoms with Crippen LogP contribution in [-0.2, 0) is 10.0 Å². The molecule has 1 aromatic heterocycles. The Morgan fingerprint density at radius 1 is 1.44 bits per heavy atom. The summed E-state index contributed by atoms with van der Waals surface area (Å²) in [5.74, 6) is 0. The number of hydrogen-bond acceptors (Lipinski definition) is 4. The van der Waals surface area contributed by atoms with E-state index >= 15 is 0 Å². The van der Waals surface area contributed by atoms with Crippen molar-refractivity contribution in [3.63, 3.8) is 0 Å². The molecular formula is C10H14N2O2S2. The molecule has 0 aliphatic rings. The van der Waals surface area contributed by atoms with Crippen molar-refractivity contribution >= 4 is 21.4 Å². The third-order valence-corrected chi connectivity index (χ3v) is 5.27. The van der Waals surface area contributed by atoms with E-state index in [1.54, 1.807) is 0 Å². The van der Waals surface area contributed by atoms with Gasteiger partial charge in [-0.1, -0.05) is 13.8 Å². The van der Waals surface area contributed by atoms with E-state index in [2.05, 4.69) is 4.72 Å². The molecule has 4 nitrogen and oxygen atoms in total. The van der Waals surface area contributed by atoms with Gasteiger partial charge in [0.25, 0.3) is 0 Å². The quantitative estimate of drug-likeness (QED) is 0.879. The molecule has 0 spiro atoms. The van der Waals surface area contributed by atoms with Crippen LogP contribution in [0.25, 0.3) is 0 Å². The second-order valence-electron chi connectivity index (χ2n) is 3.37. The summed E-state index contributed by atoms with van der Waals surface area (Å²) >= 11 is 0.991. The molecule has 0 aliphatic heterocycles. The third-order valence-electron chi connectivity index (χ3n) is 2.26. The third kappa shape index (κ3) is 3.04. The van der Waals surface area contributed by atoms with Gasteiger partial charge in [-0.15, -0.1) is 11.3 Å². The molecule has 1 aromatic rings. The smallest absolute Gasteiger partial charge is 0.207 e. The fourth-order valence-electron chi connectivity index (χ4n) is 1.26. The molecular weight excluding hydrogens is 244 g/mol. The lowest BCUT2D eigenvalue weighted by Crippen LogP contribution is -2.33. The molecule has 0 atom stereocenters. The summed E-state index contributed by atoms with van der Waals surface area (Å²) in [7, 11) is -3.46. The van der Waals surface area contributed by atoms with Crippen LogP contribution in [0, 0.1) is 11.3 Å². The zero-order chi connectivity index (χ0) is 12.2. The maximum absolute atomic E-state index is 11.9. The Kier molecular flexibility index (Phi) is 4.47. The summed E-state index contributed by atoms with van der Waals surface area (Å²) in [5.41, 5.74) is 0. The average molecular weight is 258 g/mol. The average Bonchev–Trinajstić information content (AvgIpc) is 2.75. The van der Waals surface area contributed by atoms with Crippen molar-refractivity contribution in [2.24, 2.45) is 0 Å². The lowest BCUT2D eigenvalue weighted by atomic mass is 10.2. The highest BCUT2D eigenvalue weighted by Gasteiger charge is 2.19. The van der Waals surface area contributed by atoms with Gasteiger partial charge in [0.1, 0.15) is 15.2 Å². The van der Waals surface area contributed by atoms with Crippen LogP contribution in [0.3, 0.4) is 0 Å². The van der Waals surface area contributed by atoms with E-state index in [0.29, 0.717) is 4.88 Å². The van der Waals surface area contributed by atoms with Gasteiger partial charge in [-0.25, -0.2) is 13.1 Å². The van der Waals surface area contributed by atoms with E-state index in [4.69, 9.17) is 5.26 Å². The van der Waals surface area contributed by atoms with Crippen LogP contribution in [-0.4, -0.2) is 14.5 Å². The molecule has 0 saturated heterocycles. The van der Waals surface area contributed by atoms with Gasteiger partial charge in [-0.05, 0) is 25.0 Å². The van der Waals surface area contributed by atoms with Crippen molar-refractivity contribution in [2.75, 3.05) is 0 Å². The van der Waals surface area contributed by atoms with Gasteiger partial charge >= 0.3 is 0 Å². The van der Waals surface area contributed by atoms with Crippen molar-refractivity contribution in [1.82, 2.24) is 4.72 Å². The summed E-state index contributed by atoms with van der Waals surface area (Å²) in [6, 6.07) is 4.87. The van der Waals surface area contributed by atoms with Crippen LogP contribution in [0.2, 0.25) is 0 Å². The van der Waals surface area contributed by atoms with Crippen LogP contribution >= 0.6 is 11.3 Å². The van der Waals surface area contributed by atoms with Gasteiger partial charge in [0.05, 0.1) is 0 Å². The Morgan fingerprint density at radius 2 is 2.06 bits per heavy atom. The highest BCUT2D eigenvalue weighted by molar-refractivity contribution is 7.91. The summed E-state index contributed by atoms with van der Waals surface area (Å²) in [4.78, 5) is 0.407. The predicted octanol–water partition coefficient (Wildman–Crippen LogP) is 2.09. The number of nitriles is 1. The number of hydrogen-bond donors (Lipinski definition) is 1. The van der Waals surface area contributed by atoms with Crippen molar-refractivity contribution in [3.8, 4) is 6.07 Å². The highest BCUT2D eigenvalue weighted by Crippen LogP contribution is 2.21. The van der Waals surface area contributed by atoms with Gasteiger partial charge in [-0.3, -0.25) is 0 Å². The topological polar surface area (TPSA) is 70.0 Å². The largest absolute Gasteiger partial charge is 0.250 e. The standard InChI is InChI=1S/C10H14N2O2S2/c1-3-8(4-2)12-16(13,14)10-6-5-9(7-11)15-10/h5-6,8,12H,3-4H2,1-2H3. The van der Waals surface area contributed by atoms with E-state index in [0.717, 1.165) is 24.2 Å². The van der Waals surface area contributed by atoms with E-state index in [9.17, 15) is 8.42 Å². The Bertz CT molecular complexity index is 481. The minimum Gasteiger partial charge on any atom is -0.207 e. The second-order valence-corrected chi connectivity index (χ2v) is 6.39. The molecule has 1 rings (SSSR count). The highest BCUT2D eigenvalue weighted by atomic mass is 32.2. The van der Waals surface area contributed by atoms with Crippen LogP contribution < -0.4 is 4.72 Å². The molecule has 0 saturated carbocycles. The fraction of sp³-hybridized carbons (Fsp3) is 0.500. The zero-order valence-electron chi connectivity index (χ0n) is 9.23. The first-order valence-corrected chi connectivity index (χ1v) is 7.35. The number of nitrogens with zero attached hydrogens (tertiary/aromatic N) is 1. The number of thiophene rings is 1. The zero-order valence-corrected chi connectivity index (χ0v) is 10.9. The number of sulfonamides is 1. The van der Waals surface area contributed by atoms with Gasteiger partial charge in [-0.2, -0.15) is 5.26 Å². The van der Waals surface area contributed by atoms with Crippen LogP contribution in [0.5, 0.6) is 0 Å². The first-order chi connectivity index (χ1) is 7.53. The van der Waals surface area contributed by atoms with E-state index in [1.807, 2.05) is 19.9 Å². The molecule has 0 aromatic carbocycles. The van der Waals surface area contributed by atoms with Crippen molar-refractivity contribution in [1.29, 1.82) is 5.26 Å². The normalized spacial score (nSPS) is 11.6. The molecule has 0 radical (unpaired) electrons. The molecule has 1 N–H and O–H groups in total. The van der Waals surface area contributed by atoms with Gasteiger partial charge < -0.3 is 0 Å². The molecule has 0 amide bonds. The molecule has 1 heterocycles. The summed E-state index contributed by atoms with van der Waals surface area (Å²) < 4.78 is 26.6. The SMILES string of the molecule is CCC(CC)NS(=O)(=O)c1ccc(C#N)s1. The van der Waals surface area contributed by atoms with Gasteiger partial charge in [0, 0.05) is 6.04 Å². The van der Waals surface area contributed by atoms with Gasteiger partial charge in [0.15, 0.2) is 0 Å². The minimum absolute atomic E-state index is 0.0439. The molecule has 0 bridgehead atoms. The summed E-state index contributed by atoms with van der Waals surface area (Å²) in [5, 5.41) is 8.64. The molecule has 0 fully saturated rings. The molecule has 0 unspecified atom stereocenters.